The van der Waals surface area contributed by atoms with Gasteiger partial charge in [0.05, 0.1) is 6.07 Å². The zero-order valence-corrected chi connectivity index (χ0v) is 22.5. The average molecular weight is 531 g/mol. The quantitative estimate of drug-likeness (QED) is 0.252. The molecule has 1 aliphatic heterocycles. The summed E-state index contributed by atoms with van der Waals surface area (Å²) in [5.74, 6) is 2.42. The molecule has 1 fully saturated rings. The first-order valence-corrected chi connectivity index (χ1v) is 13.7. The van der Waals surface area contributed by atoms with E-state index < -0.39 is 0 Å². The first-order chi connectivity index (χ1) is 18.0. The molecule has 0 unspecified atom stereocenters. The molecule has 1 saturated heterocycles. The third kappa shape index (κ3) is 7.54. The highest BCUT2D eigenvalue weighted by atomic mass is 32.2. The van der Waals surface area contributed by atoms with Crippen molar-refractivity contribution in [2.45, 2.75) is 31.7 Å². The van der Waals surface area contributed by atoms with E-state index in [0.717, 1.165) is 53.0 Å². The molecule has 4 rings (SSSR count). The zero-order chi connectivity index (χ0) is 26.0. The molecule has 190 valence electrons. The van der Waals surface area contributed by atoms with Gasteiger partial charge in [0, 0.05) is 62.2 Å². The Morgan fingerprint density at radius 3 is 2.65 bits per heavy atom. The van der Waals surface area contributed by atoms with Crippen molar-refractivity contribution in [1.82, 2.24) is 14.8 Å². The number of likely N-dealkylation sites (tertiary alicyclic amines) is 1. The monoisotopic (exact) mass is 530 g/mol. The summed E-state index contributed by atoms with van der Waals surface area (Å²) in [4.78, 5) is 21.8. The van der Waals surface area contributed by atoms with Crippen molar-refractivity contribution in [3.05, 3.63) is 89.7 Å². The van der Waals surface area contributed by atoms with E-state index in [9.17, 15) is 4.79 Å². The summed E-state index contributed by atoms with van der Waals surface area (Å²) < 4.78 is 6.78. The van der Waals surface area contributed by atoms with Crippen LogP contribution in [0.15, 0.2) is 72.9 Å². The number of pyridine rings is 1. The van der Waals surface area contributed by atoms with Crippen LogP contribution >= 0.6 is 24.0 Å². The van der Waals surface area contributed by atoms with E-state index in [-0.39, 0.29) is 5.91 Å². The Labute approximate surface area is 228 Å². The van der Waals surface area contributed by atoms with Crippen LogP contribution in [0.3, 0.4) is 0 Å². The topological polar surface area (TPSA) is 69.5 Å². The Kier molecular flexibility index (Phi) is 9.52. The molecule has 0 radical (unpaired) electrons. The van der Waals surface area contributed by atoms with Gasteiger partial charge in [0.1, 0.15) is 15.8 Å². The van der Waals surface area contributed by atoms with Gasteiger partial charge in [0.15, 0.2) is 0 Å². The normalized spacial score (nSPS) is 13.6. The Bertz CT molecular complexity index is 1250. The number of benzene rings is 2. The number of carbonyl (C=O) groups is 1. The van der Waals surface area contributed by atoms with E-state index in [1.807, 2.05) is 67.8 Å². The van der Waals surface area contributed by atoms with Gasteiger partial charge in [-0.05, 0) is 60.9 Å². The molecular weight excluding hydrogens is 500 g/mol. The lowest BCUT2D eigenvalue weighted by Gasteiger charge is -2.33. The summed E-state index contributed by atoms with van der Waals surface area (Å²) in [6, 6.07) is 23.1. The predicted molar refractivity (Wildman–Crippen MR) is 152 cm³/mol. The number of ether oxygens (including phenoxy) is 1. The Hall–Kier alpha value is -3.41. The second kappa shape index (κ2) is 13.2. The molecule has 8 heteroatoms. The van der Waals surface area contributed by atoms with Crippen molar-refractivity contribution >= 4 is 34.2 Å². The average Bonchev–Trinajstić information content (AvgIpc) is 2.93. The number of para-hydroxylation sites is 1. The first-order valence-electron chi connectivity index (χ1n) is 12.4. The maximum Gasteiger partial charge on any atom is 0.254 e. The number of carbonyl (C=O) groups excluding carboxylic acids is 1. The van der Waals surface area contributed by atoms with Gasteiger partial charge in [-0.2, -0.15) is 5.26 Å². The first kappa shape index (κ1) is 26.6. The molecule has 0 aliphatic carbocycles. The molecule has 37 heavy (non-hydrogen) atoms. The molecule has 1 amide bonds. The van der Waals surface area contributed by atoms with Gasteiger partial charge in [-0.1, -0.05) is 48.2 Å². The van der Waals surface area contributed by atoms with Gasteiger partial charge >= 0.3 is 0 Å². The number of rotatable bonds is 8. The van der Waals surface area contributed by atoms with Crippen LogP contribution < -0.4 is 4.74 Å². The summed E-state index contributed by atoms with van der Waals surface area (Å²) in [5.41, 5.74) is 2.71. The second-order valence-electron chi connectivity index (χ2n) is 8.98. The summed E-state index contributed by atoms with van der Waals surface area (Å²) in [5, 5.41) is 8.72. The van der Waals surface area contributed by atoms with E-state index in [0.29, 0.717) is 30.2 Å². The molecule has 3 aromatic rings. The van der Waals surface area contributed by atoms with Crippen LogP contribution in [0.4, 0.5) is 0 Å². The molecule has 6 nitrogen and oxygen atoms in total. The number of thiocarbonyl (C=S) groups is 1. The fraction of sp³-hybridized carbons (Fsp3) is 0.310. The third-order valence-electron chi connectivity index (χ3n) is 6.28. The van der Waals surface area contributed by atoms with Gasteiger partial charge in [0.2, 0.25) is 0 Å². The van der Waals surface area contributed by atoms with Gasteiger partial charge in [0.25, 0.3) is 5.91 Å². The van der Waals surface area contributed by atoms with E-state index >= 15 is 0 Å². The highest BCUT2D eigenvalue weighted by Gasteiger charge is 2.23. The van der Waals surface area contributed by atoms with Crippen LogP contribution in [-0.4, -0.2) is 50.9 Å². The molecule has 0 atom stereocenters. The number of hydrogen-bond acceptors (Lipinski definition) is 6. The minimum absolute atomic E-state index is 0.0624. The number of thioether (sulfide) groups is 1. The summed E-state index contributed by atoms with van der Waals surface area (Å²) >= 11 is 7.12. The minimum atomic E-state index is -0.0624. The number of nitrogens with zero attached hydrogens (tertiary/aromatic N) is 4. The van der Waals surface area contributed by atoms with Gasteiger partial charge in [-0.25, -0.2) is 0 Å². The maximum absolute atomic E-state index is 13.2. The zero-order valence-electron chi connectivity index (χ0n) is 20.9. The Balaban J connectivity index is 1.33. The fourth-order valence-corrected chi connectivity index (χ4v) is 5.50. The van der Waals surface area contributed by atoms with E-state index in [1.165, 1.54) is 0 Å². The van der Waals surface area contributed by atoms with Crippen LogP contribution in [0.5, 0.6) is 11.5 Å². The minimum Gasteiger partial charge on any atom is -0.457 e. The molecular formula is C29H30N4O2S2. The highest BCUT2D eigenvalue weighted by Crippen LogP contribution is 2.29. The number of nitriles is 1. The van der Waals surface area contributed by atoms with Crippen molar-refractivity contribution < 1.29 is 9.53 Å². The largest absolute Gasteiger partial charge is 0.457 e. The van der Waals surface area contributed by atoms with E-state index in [1.54, 1.807) is 22.7 Å². The molecule has 1 aromatic heterocycles. The van der Waals surface area contributed by atoms with Gasteiger partial charge < -0.3 is 14.5 Å². The fourth-order valence-electron chi connectivity index (χ4n) is 4.33. The summed E-state index contributed by atoms with van der Waals surface area (Å²) in [7, 11) is 1.82. The highest BCUT2D eigenvalue weighted by molar-refractivity contribution is 8.22. The number of piperidine rings is 1. The number of hydrogen-bond donors (Lipinski definition) is 0. The van der Waals surface area contributed by atoms with Gasteiger partial charge in [-0.15, -0.1) is 0 Å². The third-order valence-corrected chi connectivity index (χ3v) is 7.81. The van der Waals surface area contributed by atoms with Crippen LogP contribution in [0.25, 0.3) is 0 Å². The maximum atomic E-state index is 13.2. The standard InChI is InChI=1S/C29H30N4O2S2/c1-32(28(34)24-7-5-10-26(20-24)35-25-8-3-2-4-9-25)21-22-11-15-31-27(19-22)23-12-16-33(17-13-23)29(36)37-18-6-14-30/h2-5,7-11,15,19-20,23H,6,12-13,16-18,21H2,1H3. The van der Waals surface area contributed by atoms with Crippen LogP contribution in [0, 0.1) is 11.3 Å². The molecule has 0 spiro atoms. The van der Waals surface area contributed by atoms with E-state index in [2.05, 4.69) is 22.0 Å². The van der Waals surface area contributed by atoms with E-state index in [4.69, 9.17) is 22.2 Å². The van der Waals surface area contributed by atoms with Crippen LogP contribution in [0.2, 0.25) is 0 Å². The molecule has 0 N–H and O–H groups in total. The number of aromatic nitrogens is 1. The summed E-state index contributed by atoms with van der Waals surface area (Å²) in [6.45, 7) is 2.29. The van der Waals surface area contributed by atoms with Crippen molar-refractivity contribution in [2.75, 3.05) is 25.9 Å². The van der Waals surface area contributed by atoms with Crippen molar-refractivity contribution in [2.24, 2.45) is 0 Å². The lowest BCUT2D eigenvalue weighted by atomic mass is 9.92. The summed E-state index contributed by atoms with van der Waals surface area (Å²) in [6.07, 6.45) is 4.32. The van der Waals surface area contributed by atoms with Gasteiger partial charge in [-0.3, -0.25) is 9.78 Å². The SMILES string of the molecule is CN(Cc1ccnc(C2CCN(C(=S)SCCC#N)CC2)c1)C(=O)c1cccc(Oc2ccccc2)c1. The van der Waals surface area contributed by atoms with Crippen molar-refractivity contribution in [1.29, 1.82) is 5.26 Å². The molecule has 0 saturated carbocycles. The van der Waals surface area contributed by atoms with Crippen LogP contribution in [0.1, 0.15) is 46.8 Å². The van der Waals surface area contributed by atoms with Crippen molar-refractivity contribution in [3.63, 3.8) is 0 Å². The molecule has 2 aromatic carbocycles. The number of amides is 1. The van der Waals surface area contributed by atoms with Crippen molar-refractivity contribution in [3.8, 4) is 17.6 Å². The van der Waals surface area contributed by atoms with Crippen LogP contribution in [-0.2, 0) is 6.54 Å². The second-order valence-corrected chi connectivity index (χ2v) is 10.7. The lowest BCUT2D eigenvalue weighted by molar-refractivity contribution is 0.0784. The molecule has 1 aliphatic rings. The molecule has 2 heterocycles. The Morgan fingerprint density at radius 1 is 1.14 bits per heavy atom. The lowest BCUT2D eigenvalue weighted by Crippen LogP contribution is -2.35. The Morgan fingerprint density at radius 2 is 1.89 bits per heavy atom. The molecule has 0 bridgehead atoms. The predicted octanol–water partition coefficient (Wildman–Crippen LogP) is 6.26. The smallest absolute Gasteiger partial charge is 0.254 e.